The fraction of sp³-hybridized carbons (Fsp3) is 0.522. The Balaban J connectivity index is 1.24. The number of benzene rings is 1. The molecular formula is C23H32N4O5S. The summed E-state index contributed by atoms with van der Waals surface area (Å²) in [5.74, 6) is 0.850. The van der Waals surface area contributed by atoms with E-state index >= 15 is 0 Å². The number of rotatable bonds is 14. The van der Waals surface area contributed by atoms with E-state index in [0.29, 0.717) is 53.5 Å². The highest BCUT2D eigenvalue weighted by molar-refractivity contribution is 7.17. The highest BCUT2D eigenvalue weighted by Crippen LogP contribution is 2.29. The number of amides is 2. The third-order valence-corrected chi connectivity index (χ3v) is 6.29. The van der Waals surface area contributed by atoms with Crippen LogP contribution < -0.4 is 25.8 Å². The molecule has 0 bridgehead atoms. The quantitative estimate of drug-likeness (QED) is 0.308. The Morgan fingerprint density at radius 1 is 1.21 bits per heavy atom. The van der Waals surface area contributed by atoms with Crippen LogP contribution in [0.4, 0.5) is 5.00 Å². The Kier molecular flexibility index (Phi) is 9.92. The minimum Gasteiger partial charge on any atom is -0.492 e. The van der Waals surface area contributed by atoms with E-state index in [1.54, 1.807) is 30.5 Å². The molecule has 1 saturated carbocycles. The molecule has 2 aromatic rings. The van der Waals surface area contributed by atoms with Gasteiger partial charge in [-0.1, -0.05) is 37.0 Å². The van der Waals surface area contributed by atoms with Crippen molar-refractivity contribution in [2.24, 2.45) is 11.7 Å². The van der Waals surface area contributed by atoms with Crippen molar-refractivity contribution in [2.45, 2.75) is 44.6 Å². The van der Waals surface area contributed by atoms with Gasteiger partial charge in [-0.15, -0.1) is 0 Å². The van der Waals surface area contributed by atoms with Crippen LogP contribution in [0.25, 0.3) is 0 Å². The van der Waals surface area contributed by atoms with Gasteiger partial charge in [-0.3, -0.25) is 9.59 Å². The van der Waals surface area contributed by atoms with Gasteiger partial charge >= 0.3 is 0 Å². The second-order valence-electron chi connectivity index (χ2n) is 8.13. The molecule has 9 nitrogen and oxygen atoms in total. The van der Waals surface area contributed by atoms with Crippen molar-refractivity contribution < 1.29 is 24.2 Å². The topological polar surface area (TPSA) is 136 Å². The van der Waals surface area contributed by atoms with Crippen LogP contribution in [-0.4, -0.2) is 54.3 Å². The third-order valence-electron chi connectivity index (χ3n) is 5.47. The zero-order chi connectivity index (χ0) is 23.5. The van der Waals surface area contributed by atoms with E-state index in [9.17, 15) is 14.7 Å². The summed E-state index contributed by atoms with van der Waals surface area (Å²) in [6.07, 6.45) is 7.38. The Hall–Kier alpha value is -2.69. The first-order valence-corrected chi connectivity index (χ1v) is 12.1. The zero-order valence-electron chi connectivity index (χ0n) is 18.6. The van der Waals surface area contributed by atoms with Crippen molar-refractivity contribution >= 4 is 28.2 Å². The summed E-state index contributed by atoms with van der Waals surface area (Å²) in [4.78, 5) is 27.3. The summed E-state index contributed by atoms with van der Waals surface area (Å²) in [6.45, 7) is 1.35. The van der Waals surface area contributed by atoms with Gasteiger partial charge in [0.1, 0.15) is 30.1 Å². The number of nitrogens with zero attached hydrogens (tertiary/aromatic N) is 1. The molecule has 3 rings (SSSR count). The highest BCUT2D eigenvalue weighted by atomic mass is 32.1. The Morgan fingerprint density at radius 3 is 2.70 bits per heavy atom. The largest absolute Gasteiger partial charge is 0.492 e. The van der Waals surface area contributed by atoms with E-state index in [4.69, 9.17) is 15.2 Å². The molecule has 1 unspecified atom stereocenters. The molecule has 1 aliphatic rings. The van der Waals surface area contributed by atoms with Gasteiger partial charge in [0.25, 0.3) is 5.19 Å². The summed E-state index contributed by atoms with van der Waals surface area (Å²) in [5.41, 5.74) is 5.63. The van der Waals surface area contributed by atoms with E-state index in [2.05, 4.69) is 15.6 Å². The van der Waals surface area contributed by atoms with E-state index in [0.717, 1.165) is 6.42 Å². The molecule has 1 atom stereocenters. The van der Waals surface area contributed by atoms with Crippen LogP contribution in [0.1, 0.15) is 48.9 Å². The van der Waals surface area contributed by atoms with Gasteiger partial charge in [-0.2, -0.15) is 0 Å². The second kappa shape index (κ2) is 13.1. The van der Waals surface area contributed by atoms with Crippen LogP contribution in [0, 0.1) is 5.92 Å². The first-order valence-electron chi connectivity index (χ1n) is 11.3. The molecule has 0 saturated heterocycles. The summed E-state index contributed by atoms with van der Waals surface area (Å²) >= 11 is 1.25. The smallest absolute Gasteiger partial charge is 0.275 e. The molecule has 0 radical (unpaired) electrons. The van der Waals surface area contributed by atoms with Crippen molar-refractivity contribution in [3.05, 3.63) is 36.0 Å². The minimum absolute atomic E-state index is 0.00682. The predicted molar refractivity (Wildman–Crippen MR) is 127 cm³/mol. The number of aromatic nitrogens is 1. The fourth-order valence-electron chi connectivity index (χ4n) is 3.67. The van der Waals surface area contributed by atoms with Gasteiger partial charge in [0.05, 0.1) is 6.20 Å². The number of aliphatic hydroxyl groups is 1. The molecular weight excluding hydrogens is 444 g/mol. The van der Waals surface area contributed by atoms with E-state index in [1.807, 2.05) is 0 Å². The molecule has 5 N–H and O–H groups in total. The number of primary amides is 1. The zero-order valence-corrected chi connectivity index (χ0v) is 19.4. The highest BCUT2D eigenvalue weighted by Gasteiger charge is 2.17. The van der Waals surface area contributed by atoms with Gasteiger partial charge in [-0.25, -0.2) is 4.98 Å². The van der Waals surface area contributed by atoms with Crippen molar-refractivity contribution in [1.29, 1.82) is 0 Å². The summed E-state index contributed by atoms with van der Waals surface area (Å²) in [5, 5.41) is 17.1. The van der Waals surface area contributed by atoms with Crippen molar-refractivity contribution in [3.8, 4) is 10.9 Å². The first kappa shape index (κ1) is 24.9. The minimum atomic E-state index is -0.715. The maximum Gasteiger partial charge on any atom is 0.275 e. The second-order valence-corrected chi connectivity index (χ2v) is 9.13. The molecule has 2 amide bonds. The summed E-state index contributed by atoms with van der Waals surface area (Å²) < 4.78 is 11.1. The first-order chi connectivity index (χ1) is 16.0. The van der Waals surface area contributed by atoms with Crippen molar-refractivity contribution in [2.75, 3.05) is 31.6 Å². The Bertz CT molecular complexity index is 883. The lowest BCUT2D eigenvalue weighted by molar-refractivity contribution is -0.116. The SMILES string of the molecule is NC(=O)c1ccc(OCCNCC(O)COc2ncc(NC(=O)CCC3CCCC3)s2)cc1. The average Bonchev–Trinajstić information content (AvgIpc) is 3.48. The fourth-order valence-corrected chi connectivity index (χ4v) is 4.36. The lowest BCUT2D eigenvalue weighted by atomic mass is 10.0. The Morgan fingerprint density at radius 2 is 1.97 bits per heavy atom. The Labute approximate surface area is 197 Å². The van der Waals surface area contributed by atoms with E-state index in [1.165, 1.54) is 37.0 Å². The van der Waals surface area contributed by atoms with Crippen LogP contribution >= 0.6 is 11.3 Å². The van der Waals surface area contributed by atoms with Crippen LogP contribution in [0.2, 0.25) is 0 Å². The van der Waals surface area contributed by atoms with Crippen LogP contribution in [0.15, 0.2) is 30.5 Å². The molecule has 0 spiro atoms. The molecule has 1 fully saturated rings. The van der Waals surface area contributed by atoms with Crippen LogP contribution in [0.5, 0.6) is 10.9 Å². The monoisotopic (exact) mass is 476 g/mol. The lowest BCUT2D eigenvalue weighted by Crippen LogP contribution is -2.33. The molecule has 1 heterocycles. The normalized spacial score (nSPS) is 14.7. The maximum absolute atomic E-state index is 12.1. The number of hydrogen-bond acceptors (Lipinski definition) is 8. The number of aliphatic hydroxyl groups excluding tert-OH is 1. The summed E-state index contributed by atoms with van der Waals surface area (Å²) in [6, 6.07) is 6.59. The number of carbonyl (C=O) groups is 2. The molecule has 1 aliphatic carbocycles. The van der Waals surface area contributed by atoms with Gasteiger partial charge in [0.2, 0.25) is 11.8 Å². The number of ether oxygens (including phenoxy) is 2. The standard InChI is InChI=1S/C23H32N4O5S/c24-22(30)17-6-8-19(9-7-17)31-12-11-25-13-18(28)15-32-23-26-14-21(33-23)27-20(29)10-5-16-3-1-2-4-16/h6-9,14,16,18,25,28H,1-5,10-13,15H2,(H2,24,30)(H,27,29). The predicted octanol–water partition coefficient (Wildman–Crippen LogP) is 2.56. The molecule has 180 valence electrons. The average molecular weight is 477 g/mol. The number of hydrogen-bond donors (Lipinski definition) is 4. The molecule has 1 aromatic heterocycles. The third kappa shape index (κ3) is 8.99. The van der Waals surface area contributed by atoms with Gasteiger partial charge in [-0.05, 0) is 36.6 Å². The summed E-state index contributed by atoms with van der Waals surface area (Å²) in [7, 11) is 0. The maximum atomic E-state index is 12.1. The van der Waals surface area contributed by atoms with Gasteiger partial charge in [0.15, 0.2) is 0 Å². The molecule has 33 heavy (non-hydrogen) atoms. The van der Waals surface area contributed by atoms with Gasteiger partial charge < -0.3 is 30.9 Å². The van der Waals surface area contributed by atoms with Crippen molar-refractivity contribution in [1.82, 2.24) is 10.3 Å². The van der Waals surface area contributed by atoms with E-state index < -0.39 is 12.0 Å². The number of nitrogens with one attached hydrogen (secondary N) is 2. The number of nitrogens with two attached hydrogens (primary N) is 1. The molecule has 10 heteroatoms. The van der Waals surface area contributed by atoms with Crippen LogP contribution in [0.3, 0.4) is 0 Å². The lowest BCUT2D eigenvalue weighted by Gasteiger charge is -2.12. The van der Waals surface area contributed by atoms with E-state index in [-0.39, 0.29) is 12.5 Å². The number of carbonyl (C=O) groups excluding carboxylic acids is 2. The number of thiazole rings is 1. The number of anilines is 1. The van der Waals surface area contributed by atoms with Gasteiger partial charge in [0, 0.05) is 25.1 Å². The van der Waals surface area contributed by atoms with Crippen molar-refractivity contribution in [3.63, 3.8) is 0 Å². The molecule has 1 aromatic carbocycles. The van der Waals surface area contributed by atoms with Crippen LogP contribution in [-0.2, 0) is 4.79 Å². The molecule has 0 aliphatic heterocycles.